The van der Waals surface area contributed by atoms with Gasteiger partial charge in [-0.2, -0.15) is 13.2 Å². The third-order valence-electron chi connectivity index (χ3n) is 6.76. The summed E-state index contributed by atoms with van der Waals surface area (Å²) in [4.78, 5) is 55.1. The van der Waals surface area contributed by atoms with Gasteiger partial charge in [-0.15, -0.1) is 11.3 Å². The van der Waals surface area contributed by atoms with Crippen molar-refractivity contribution >= 4 is 75.1 Å². The number of aromatic nitrogens is 1. The number of imide groups is 1. The second kappa shape index (κ2) is 10.5. The number of fused-ring (bicyclic) bond motifs is 2. The topological polar surface area (TPSA) is 88.5 Å². The third kappa shape index (κ3) is 5.00. The second-order valence-electron chi connectivity index (χ2n) is 9.30. The second-order valence-corrected chi connectivity index (χ2v) is 12.8. The molecule has 1 N–H and O–H groups in total. The Morgan fingerprint density at radius 1 is 1.00 bits per heavy atom. The summed E-state index contributed by atoms with van der Waals surface area (Å²) >= 11 is 9.13. The zero-order valence-corrected chi connectivity index (χ0v) is 23.8. The number of nitrogens with zero attached hydrogens (tertiary/aromatic N) is 2. The summed E-state index contributed by atoms with van der Waals surface area (Å²) in [6.07, 6.45) is -4.66. The molecule has 6 rings (SSSR count). The fourth-order valence-corrected chi connectivity index (χ4v) is 8.83. The molecule has 210 valence electrons. The maximum Gasteiger partial charge on any atom is 0.416 e. The monoisotopic (exact) mass is 635 g/mol. The molecule has 0 saturated carbocycles. The quantitative estimate of drug-likeness (QED) is 0.269. The first-order valence-electron chi connectivity index (χ1n) is 12.1. The van der Waals surface area contributed by atoms with Gasteiger partial charge in [0.1, 0.15) is 11.8 Å². The van der Waals surface area contributed by atoms with Crippen molar-refractivity contribution in [1.82, 2.24) is 4.57 Å². The van der Waals surface area contributed by atoms with Gasteiger partial charge < -0.3 is 5.32 Å². The van der Waals surface area contributed by atoms with Crippen LogP contribution in [0.4, 0.5) is 24.5 Å². The number of hydrogen-bond donors (Lipinski definition) is 1. The average molecular weight is 636 g/mol. The maximum atomic E-state index is 13.8. The average Bonchev–Trinajstić information content (AvgIpc) is 3.62. The zero-order chi connectivity index (χ0) is 29.1. The molecular weight excluding hydrogens is 619 g/mol. The van der Waals surface area contributed by atoms with Crippen molar-refractivity contribution in [2.45, 2.75) is 28.9 Å². The lowest BCUT2D eigenvalue weighted by Crippen LogP contribution is -2.32. The molecule has 1 fully saturated rings. The van der Waals surface area contributed by atoms with Crippen LogP contribution in [0.3, 0.4) is 0 Å². The van der Waals surface area contributed by atoms with E-state index in [1.54, 1.807) is 41.8 Å². The highest BCUT2D eigenvalue weighted by atomic mass is 35.5. The molecule has 2 aliphatic rings. The summed E-state index contributed by atoms with van der Waals surface area (Å²) in [5.41, 5.74) is -0.667. The first kappa shape index (κ1) is 27.8. The Morgan fingerprint density at radius 2 is 1.76 bits per heavy atom. The van der Waals surface area contributed by atoms with E-state index >= 15 is 0 Å². The van der Waals surface area contributed by atoms with E-state index in [9.17, 15) is 32.3 Å². The molecule has 1 saturated heterocycles. The largest absolute Gasteiger partial charge is 0.416 e. The smallest absolute Gasteiger partial charge is 0.325 e. The molecule has 41 heavy (non-hydrogen) atoms. The number of hydrogen-bond acceptors (Lipinski definition) is 7. The minimum atomic E-state index is -4.66. The first-order chi connectivity index (χ1) is 19.5. The Morgan fingerprint density at radius 3 is 2.44 bits per heavy atom. The minimum Gasteiger partial charge on any atom is -0.325 e. The predicted molar refractivity (Wildman–Crippen MR) is 152 cm³/mol. The summed E-state index contributed by atoms with van der Waals surface area (Å²) in [6.45, 7) is -0.339. The Balaban J connectivity index is 1.38. The number of thiazole rings is 1. The van der Waals surface area contributed by atoms with Gasteiger partial charge in [0.15, 0.2) is 0 Å². The Kier molecular flexibility index (Phi) is 7.09. The van der Waals surface area contributed by atoms with Gasteiger partial charge in [0.05, 0.1) is 22.2 Å². The Bertz CT molecular complexity index is 1730. The lowest BCUT2D eigenvalue weighted by Gasteiger charge is -2.29. The van der Waals surface area contributed by atoms with E-state index in [1.165, 1.54) is 22.0 Å². The molecule has 2 aliphatic heterocycles. The van der Waals surface area contributed by atoms with Crippen molar-refractivity contribution < 1.29 is 27.6 Å². The molecule has 0 bridgehead atoms. The summed E-state index contributed by atoms with van der Waals surface area (Å²) in [7, 11) is 0. The van der Waals surface area contributed by atoms with Crippen molar-refractivity contribution in [1.29, 1.82) is 0 Å². The summed E-state index contributed by atoms with van der Waals surface area (Å²) in [5.74, 6) is -3.41. The number of carbonyl (C=O) groups excluding carboxylic acids is 3. The molecule has 0 radical (unpaired) electrons. The van der Waals surface area contributed by atoms with Crippen LogP contribution in [0.25, 0.3) is 0 Å². The number of benzene rings is 2. The number of carbonyl (C=O) groups is 3. The number of thiophene rings is 1. The van der Waals surface area contributed by atoms with E-state index in [-0.39, 0.29) is 12.2 Å². The van der Waals surface area contributed by atoms with Crippen LogP contribution in [0, 0.1) is 5.92 Å². The summed E-state index contributed by atoms with van der Waals surface area (Å²) < 4.78 is 41.5. The van der Waals surface area contributed by atoms with Crippen molar-refractivity contribution in [3.63, 3.8) is 0 Å². The minimum absolute atomic E-state index is 0.169. The van der Waals surface area contributed by atoms with Crippen LogP contribution in [0.15, 0.2) is 75.9 Å². The molecule has 14 heteroatoms. The van der Waals surface area contributed by atoms with Crippen LogP contribution in [0.1, 0.15) is 21.2 Å². The van der Waals surface area contributed by atoms with Crippen LogP contribution in [-0.4, -0.2) is 27.5 Å². The van der Waals surface area contributed by atoms with Crippen LogP contribution < -0.4 is 15.1 Å². The van der Waals surface area contributed by atoms with Crippen LogP contribution in [0.2, 0.25) is 5.02 Å². The number of alkyl halides is 3. The predicted octanol–water partition coefficient (Wildman–Crippen LogP) is 6.08. The standard InChI is InChI=1S/C27H17ClF3N3O4S3/c28-14-6-8-15(9-7-14)32-18(35)12-33-25-22(41-26(33)38)19(17-5-2-10-39-17)20-21(40-25)24(37)34(23(20)36)16-4-1-3-13(11-16)27(29,30)31/h1-11,19-21H,12H2,(H,32,35)/t19-,20?,21?/m1/s1. The van der Waals surface area contributed by atoms with Gasteiger partial charge in [-0.3, -0.25) is 23.7 Å². The number of anilines is 2. The number of halogens is 4. The van der Waals surface area contributed by atoms with Crippen molar-refractivity contribution in [3.8, 4) is 0 Å². The number of nitrogens with one attached hydrogen (secondary N) is 1. The lowest BCUT2D eigenvalue weighted by atomic mass is 9.87. The highest BCUT2D eigenvalue weighted by molar-refractivity contribution is 8.00. The molecule has 2 aromatic heterocycles. The van der Waals surface area contributed by atoms with Crippen LogP contribution >= 0.6 is 46.0 Å². The Labute approximate surface area is 247 Å². The van der Waals surface area contributed by atoms with E-state index in [0.29, 0.717) is 20.6 Å². The first-order valence-corrected chi connectivity index (χ1v) is 15.0. The van der Waals surface area contributed by atoms with E-state index < -0.39 is 51.4 Å². The number of thioether (sulfide) groups is 1. The van der Waals surface area contributed by atoms with Gasteiger partial charge in [-0.05, 0) is 53.9 Å². The van der Waals surface area contributed by atoms with Gasteiger partial charge in [0, 0.05) is 26.4 Å². The van der Waals surface area contributed by atoms with Gasteiger partial charge in [-0.1, -0.05) is 46.8 Å². The molecule has 2 unspecified atom stereocenters. The molecule has 4 heterocycles. The fraction of sp³-hybridized carbons (Fsp3) is 0.185. The normalized spacial score (nSPS) is 20.2. The van der Waals surface area contributed by atoms with Gasteiger partial charge >= 0.3 is 11.0 Å². The van der Waals surface area contributed by atoms with Crippen molar-refractivity contribution in [2.75, 3.05) is 10.2 Å². The summed E-state index contributed by atoms with van der Waals surface area (Å²) in [6, 6.07) is 14.1. The zero-order valence-electron chi connectivity index (χ0n) is 20.6. The summed E-state index contributed by atoms with van der Waals surface area (Å²) in [5, 5.41) is 4.39. The number of rotatable bonds is 5. The van der Waals surface area contributed by atoms with E-state index in [2.05, 4.69) is 5.32 Å². The van der Waals surface area contributed by atoms with E-state index in [1.807, 2.05) is 0 Å². The maximum absolute atomic E-state index is 13.8. The highest BCUT2D eigenvalue weighted by Gasteiger charge is 2.57. The molecule has 7 nitrogen and oxygen atoms in total. The van der Waals surface area contributed by atoms with E-state index in [0.717, 1.165) is 51.1 Å². The number of amides is 3. The lowest BCUT2D eigenvalue weighted by molar-refractivity contribution is -0.137. The van der Waals surface area contributed by atoms with Gasteiger partial charge in [0.25, 0.3) is 0 Å². The molecule has 2 aromatic carbocycles. The molecule has 3 amide bonds. The highest BCUT2D eigenvalue weighted by Crippen LogP contribution is 2.54. The fourth-order valence-electron chi connectivity index (χ4n) is 4.98. The van der Waals surface area contributed by atoms with Crippen molar-refractivity contribution in [2.24, 2.45) is 5.92 Å². The molecule has 3 atom stereocenters. The molecule has 0 spiro atoms. The SMILES string of the molecule is O=C(Cn1c2c(sc1=O)[C@H](c1cccs1)C1C(=O)N(c3cccc(C(F)(F)F)c3)C(=O)C1S2)Nc1ccc(Cl)cc1. The molecular formula is C27H17ClF3N3O4S3. The van der Waals surface area contributed by atoms with Crippen LogP contribution in [0.5, 0.6) is 0 Å². The third-order valence-corrected chi connectivity index (χ3v) is 10.6. The molecule has 0 aliphatic carbocycles. The van der Waals surface area contributed by atoms with E-state index in [4.69, 9.17) is 11.6 Å². The Hall–Kier alpha value is -3.39. The molecule has 4 aromatic rings. The van der Waals surface area contributed by atoms with Crippen molar-refractivity contribution in [3.05, 3.63) is 96.1 Å². The van der Waals surface area contributed by atoms with Crippen LogP contribution in [-0.2, 0) is 27.1 Å². The van der Waals surface area contributed by atoms with Gasteiger partial charge in [0.2, 0.25) is 17.7 Å². The van der Waals surface area contributed by atoms with Gasteiger partial charge in [-0.25, -0.2) is 4.90 Å².